The van der Waals surface area contributed by atoms with Gasteiger partial charge in [0.15, 0.2) is 0 Å². The number of benzene rings is 3. The summed E-state index contributed by atoms with van der Waals surface area (Å²) < 4.78 is 0. The minimum Gasteiger partial charge on any atom is -0.478 e. The molecule has 0 radical (unpaired) electrons. The zero-order valence-corrected chi connectivity index (χ0v) is 17.0. The van der Waals surface area contributed by atoms with Gasteiger partial charge in [0, 0.05) is 12.1 Å². The molecule has 3 aromatic carbocycles. The number of hydrogen-bond acceptors (Lipinski definition) is 3. The van der Waals surface area contributed by atoms with E-state index in [0.29, 0.717) is 18.5 Å². The summed E-state index contributed by atoms with van der Waals surface area (Å²) in [5.41, 5.74) is 2.42. The van der Waals surface area contributed by atoms with Crippen molar-refractivity contribution in [2.45, 2.75) is 18.9 Å². The van der Waals surface area contributed by atoms with Crippen LogP contribution in [-0.2, 0) is 11.2 Å². The standard InChI is InChI=1S/C25H24N2O4/c28-23(26-15-14-18-8-7-13-21(16-18)25(30)31)17-22(19-9-3-1-4-10-19)27-24(29)20-11-5-2-6-12-20/h1-13,16,22H,14-15,17H2,(H,26,28)(H,27,29)(H,30,31). The quantitative estimate of drug-likeness (QED) is 0.497. The summed E-state index contributed by atoms with van der Waals surface area (Å²) in [5, 5.41) is 14.9. The normalized spacial score (nSPS) is 11.4. The van der Waals surface area contributed by atoms with Crippen molar-refractivity contribution in [3.05, 3.63) is 107 Å². The van der Waals surface area contributed by atoms with Gasteiger partial charge in [0.2, 0.25) is 5.91 Å². The minimum absolute atomic E-state index is 0.0950. The maximum atomic E-state index is 12.6. The van der Waals surface area contributed by atoms with Crippen molar-refractivity contribution in [3.8, 4) is 0 Å². The Morgan fingerprint density at radius 1 is 0.806 bits per heavy atom. The molecular formula is C25H24N2O4. The molecule has 0 aliphatic rings. The van der Waals surface area contributed by atoms with Crippen molar-refractivity contribution in [3.63, 3.8) is 0 Å². The first-order valence-electron chi connectivity index (χ1n) is 10.0. The molecule has 1 atom stereocenters. The van der Waals surface area contributed by atoms with Crippen LogP contribution in [0.3, 0.4) is 0 Å². The van der Waals surface area contributed by atoms with Crippen molar-refractivity contribution >= 4 is 17.8 Å². The number of carboxylic acids is 1. The number of hydrogen-bond donors (Lipinski definition) is 3. The molecule has 31 heavy (non-hydrogen) atoms. The van der Waals surface area contributed by atoms with Gasteiger partial charge in [-0.2, -0.15) is 0 Å². The number of nitrogens with one attached hydrogen (secondary N) is 2. The monoisotopic (exact) mass is 416 g/mol. The molecule has 158 valence electrons. The Bertz CT molecular complexity index is 1040. The number of amides is 2. The van der Waals surface area contributed by atoms with Gasteiger partial charge in [-0.15, -0.1) is 0 Å². The lowest BCUT2D eigenvalue weighted by molar-refractivity contribution is -0.121. The summed E-state index contributed by atoms with van der Waals surface area (Å²) in [7, 11) is 0. The summed E-state index contributed by atoms with van der Waals surface area (Å²) in [6.07, 6.45) is 0.608. The van der Waals surface area contributed by atoms with Gasteiger partial charge in [-0.3, -0.25) is 9.59 Å². The van der Waals surface area contributed by atoms with Crippen LogP contribution in [0, 0.1) is 0 Å². The van der Waals surface area contributed by atoms with E-state index in [0.717, 1.165) is 11.1 Å². The Hall–Kier alpha value is -3.93. The fourth-order valence-electron chi connectivity index (χ4n) is 3.23. The Balaban J connectivity index is 1.60. The molecule has 3 rings (SSSR count). The second kappa shape index (κ2) is 10.7. The van der Waals surface area contributed by atoms with Crippen molar-refractivity contribution in [2.24, 2.45) is 0 Å². The van der Waals surface area contributed by atoms with Crippen LogP contribution in [0.2, 0.25) is 0 Å². The van der Waals surface area contributed by atoms with Crippen LogP contribution >= 0.6 is 0 Å². The molecular weight excluding hydrogens is 392 g/mol. The van der Waals surface area contributed by atoms with E-state index in [-0.39, 0.29) is 23.8 Å². The predicted molar refractivity (Wildman–Crippen MR) is 118 cm³/mol. The van der Waals surface area contributed by atoms with E-state index in [1.54, 1.807) is 36.4 Å². The highest BCUT2D eigenvalue weighted by Gasteiger charge is 2.19. The Kier molecular flexibility index (Phi) is 7.54. The van der Waals surface area contributed by atoms with Crippen LogP contribution in [0.25, 0.3) is 0 Å². The first-order valence-corrected chi connectivity index (χ1v) is 10.0. The van der Waals surface area contributed by atoms with Gasteiger partial charge in [0.1, 0.15) is 0 Å². The average Bonchev–Trinajstić information content (AvgIpc) is 2.80. The van der Waals surface area contributed by atoms with E-state index in [1.807, 2.05) is 42.5 Å². The molecule has 3 N–H and O–H groups in total. The number of rotatable bonds is 9. The molecule has 0 saturated carbocycles. The summed E-state index contributed by atoms with van der Waals surface area (Å²) in [5.74, 6) is -1.42. The Morgan fingerprint density at radius 2 is 1.45 bits per heavy atom. The van der Waals surface area contributed by atoms with E-state index in [2.05, 4.69) is 10.6 Å². The van der Waals surface area contributed by atoms with Crippen LogP contribution in [0.4, 0.5) is 0 Å². The third kappa shape index (κ3) is 6.54. The summed E-state index contributed by atoms with van der Waals surface area (Å²) in [4.78, 5) is 36.2. The van der Waals surface area contributed by atoms with Crippen molar-refractivity contribution in [1.82, 2.24) is 10.6 Å². The average molecular weight is 416 g/mol. The Morgan fingerprint density at radius 3 is 2.13 bits per heavy atom. The second-order valence-corrected chi connectivity index (χ2v) is 7.11. The van der Waals surface area contributed by atoms with E-state index in [4.69, 9.17) is 5.11 Å². The SMILES string of the molecule is O=C(CC(NC(=O)c1ccccc1)c1ccccc1)NCCc1cccc(C(=O)O)c1. The maximum Gasteiger partial charge on any atom is 0.335 e. The first-order chi connectivity index (χ1) is 15.0. The molecule has 1 unspecified atom stereocenters. The van der Waals surface area contributed by atoms with Crippen LogP contribution in [0.1, 0.15) is 44.3 Å². The van der Waals surface area contributed by atoms with Gasteiger partial charge in [-0.25, -0.2) is 4.79 Å². The predicted octanol–water partition coefficient (Wildman–Crippen LogP) is 3.60. The molecule has 0 spiro atoms. The van der Waals surface area contributed by atoms with Gasteiger partial charge >= 0.3 is 5.97 Å². The molecule has 0 aromatic heterocycles. The molecule has 0 aliphatic heterocycles. The highest BCUT2D eigenvalue weighted by Crippen LogP contribution is 2.17. The van der Waals surface area contributed by atoms with E-state index in [9.17, 15) is 14.4 Å². The fourth-order valence-corrected chi connectivity index (χ4v) is 3.23. The molecule has 0 aliphatic carbocycles. The molecule has 6 nitrogen and oxygen atoms in total. The molecule has 0 bridgehead atoms. The van der Waals surface area contributed by atoms with Crippen molar-refractivity contribution in [2.75, 3.05) is 6.54 Å². The van der Waals surface area contributed by atoms with Crippen molar-refractivity contribution in [1.29, 1.82) is 0 Å². The fraction of sp³-hybridized carbons (Fsp3) is 0.160. The smallest absolute Gasteiger partial charge is 0.335 e. The van der Waals surface area contributed by atoms with E-state index < -0.39 is 12.0 Å². The number of carboxylic acid groups (broad SMARTS) is 1. The van der Waals surface area contributed by atoms with Gasteiger partial charge < -0.3 is 15.7 Å². The summed E-state index contributed by atoms with van der Waals surface area (Å²) in [6.45, 7) is 0.371. The lowest BCUT2D eigenvalue weighted by atomic mass is 10.0. The number of carbonyl (C=O) groups excluding carboxylic acids is 2. The van der Waals surface area contributed by atoms with Crippen LogP contribution < -0.4 is 10.6 Å². The van der Waals surface area contributed by atoms with Crippen LogP contribution in [0.5, 0.6) is 0 Å². The number of carbonyl (C=O) groups is 3. The van der Waals surface area contributed by atoms with E-state index in [1.165, 1.54) is 6.07 Å². The molecule has 2 amide bonds. The Labute approximate surface area is 180 Å². The van der Waals surface area contributed by atoms with Gasteiger partial charge in [0.05, 0.1) is 18.0 Å². The van der Waals surface area contributed by atoms with Gasteiger partial charge in [0.25, 0.3) is 5.91 Å². The molecule has 3 aromatic rings. The lowest BCUT2D eigenvalue weighted by Crippen LogP contribution is -2.34. The summed E-state index contributed by atoms with van der Waals surface area (Å²) in [6, 6.07) is 24.4. The molecule has 6 heteroatoms. The van der Waals surface area contributed by atoms with Crippen molar-refractivity contribution < 1.29 is 19.5 Å². The third-order valence-corrected chi connectivity index (χ3v) is 4.84. The minimum atomic E-state index is -0.981. The third-order valence-electron chi connectivity index (χ3n) is 4.84. The second-order valence-electron chi connectivity index (χ2n) is 7.11. The largest absolute Gasteiger partial charge is 0.478 e. The lowest BCUT2D eigenvalue weighted by Gasteiger charge is -2.19. The highest BCUT2D eigenvalue weighted by atomic mass is 16.4. The molecule has 0 saturated heterocycles. The van der Waals surface area contributed by atoms with E-state index >= 15 is 0 Å². The van der Waals surface area contributed by atoms with Gasteiger partial charge in [-0.05, 0) is 41.8 Å². The topological polar surface area (TPSA) is 95.5 Å². The highest BCUT2D eigenvalue weighted by molar-refractivity contribution is 5.94. The zero-order valence-electron chi connectivity index (χ0n) is 17.0. The zero-order chi connectivity index (χ0) is 22.1. The molecule has 0 heterocycles. The summed E-state index contributed by atoms with van der Waals surface area (Å²) >= 11 is 0. The van der Waals surface area contributed by atoms with Crippen LogP contribution in [-0.4, -0.2) is 29.4 Å². The number of aromatic carboxylic acids is 1. The molecule has 0 fully saturated rings. The van der Waals surface area contributed by atoms with Crippen LogP contribution in [0.15, 0.2) is 84.9 Å². The maximum absolute atomic E-state index is 12.6. The van der Waals surface area contributed by atoms with Gasteiger partial charge in [-0.1, -0.05) is 60.7 Å². The first kappa shape index (κ1) is 21.8.